The summed E-state index contributed by atoms with van der Waals surface area (Å²) in [5.41, 5.74) is 1.80. The van der Waals surface area contributed by atoms with Crippen LogP contribution in [-0.2, 0) is 6.42 Å². The molecule has 3 aromatic carbocycles. The van der Waals surface area contributed by atoms with Gasteiger partial charge in [0.2, 0.25) is 4.77 Å². The summed E-state index contributed by atoms with van der Waals surface area (Å²) < 4.78 is 7.39. The van der Waals surface area contributed by atoms with Crippen LogP contribution in [-0.4, -0.2) is 32.8 Å². The van der Waals surface area contributed by atoms with Crippen LogP contribution < -0.4 is 4.74 Å². The van der Waals surface area contributed by atoms with Gasteiger partial charge in [-0.2, -0.15) is 14.9 Å². The number of ether oxygens (including phenoxy) is 1. The van der Waals surface area contributed by atoms with Crippen LogP contribution in [0.15, 0.2) is 59.7 Å². The number of rotatable bonds is 6. The fraction of sp³-hybridized carbons (Fsp3) is 0.136. The number of H-pyrrole nitrogens is 1. The predicted molar refractivity (Wildman–Crippen MR) is 121 cm³/mol. The monoisotopic (exact) mass is 438 g/mol. The van der Waals surface area contributed by atoms with E-state index in [0.29, 0.717) is 34.9 Å². The Morgan fingerprint density at radius 1 is 1.23 bits per heavy atom. The van der Waals surface area contributed by atoms with Gasteiger partial charge in [0, 0.05) is 6.42 Å². The largest absolute Gasteiger partial charge is 0.503 e. The first-order valence-corrected chi connectivity index (χ1v) is 10.2. The quantitative estimate of drug-likeness (QED) is 0.315. The SMILES string of the molecule is CCOc1cc(/C=N/n2c(Cc3cccc4ccccc34)n[nH]c2=S)cc(Cl)c1O. The van der Waals surface area contributed by atoms with Gasteiger partial charge in [0.05, 0.1) is 17.8 Å². The lowest BCUT2D eigenvalue weighted by molar-refractivity contribution is 0.318. The van der Waals surface area contributed by atoms with E-state index in [2.05, 4.69) is 39.6 Å². The molecule has 2 N–H and O–H groups in total. The average Bonchev–Trinajstić information content (AvgIpc) is 3.09. The standard InChI is InChI=1S/C22H19ClN4O2S/c1-2-29-19-11-14(10-18(23)21(19)28)13-24-27-20(25-26-22(27)30)12-16-8-5-7-15-6-3-4-9-17(15)16/h3-11,13,28H,2,12H2,1H3,(H,26,30)/b24-13+. The Bertz CT molecular complexity index is 1290. The number of phenolic OH excluding ortho intramolecular Hbond substituents is 1. The van der Waals surface area contributed by atoms with Gasteiger partial charge in [-0.15, -0.1) is 0 Å². The lowest BCUT2D eigenvalue weighted by Gasteiger charge is -2.08. The highest BCUT2D eigenvalue weighted by atomic mass is 35.5. The summed E-state index contributed by atoms with van der Waals surface area (Å²) in [5, 5.41) is 24.2. The van der Waals surface area contributed by atoms with Crippen molar-refractivity contribution in [3.63, 3.8) is 0 Å². The Morgan fingerprint density at radius 3 is 2.87 bits per heavy atom. The van der Waals surface area contributed by atoms with Gasteiger partial charge >= 0.3 is 0 Å². The maximum Gasteiger partial charge on any atom is 0.216 e. The zero-order valence-electron chi connectivity index (χ0n) is 16.2. The highest BCUT2D eigenvalue weighted by molar-refractivity contribution is 7.71. The van der Waals surface area contributed by atoms with Gasteiger partial charge in [0.25, 0.3) is 0 Å². The Balaban J connectivity index is 1.67. The van der Waals surface area contributed by atoms with E-state index in [1.807, 2.05) is 25.1 Å². The molecule has 4 rings (SSSR count). The summed E-state index contributed by atoms with van der Waals surface area (Å²) in [4.78, 5) is 0. The Morgan fingerprint density at radius 2 is 2.03 bits per heavy atom. The van der Waals surface area contributed by atoms with Gasteiger partial charge in [-0.25, -0.2) is 0 Å². The zero-order chi connectivity index (χ0) is 21.1. The maximum absolute atomic E-state index is 10.0. The summed E-state index contributed by atoms with van der Waals surface area (Å²) in [6, 6.07) is 17.7. The number of hydrogen-bond acceptors (Lipinski definition) is 5. The summed E-state index contributed by atoms with van der Waals surface area (Å²) in [6.07, 6.45) is 2.16. The molecule has 6 nitrogen and oxygen atoms in total. The highest BCUT2D eigenvalue weighted by Crippen LogP contribution is 2.34. The number of fused-ring (bicyclic) bond motifs is 1. The van der Waals surface area contributed by atoms with Crippen LogP contribution in [0.5, 0.6) is 11.5 Å². The molecule has 0 aliphatic carbocycles. The average molecular weight is 439 g/mol. The lowest BCUT2D eigenvalue weighted by atomic mass is 10.0. The van der Waals surface area contributed by atoms with Gasteiger partial charge in [-0.3, -0.25) is 5.10 Å². The molecule has 152 valence electrons. The van der Waals surface area contributed by atoms with Crippen molar-refractivity contribution in [3.8, 4) is 11.5 Å². The minimum absolute atomic E-state index is 0.0905. The molecule has 0 radical (unpaired) electrons. The van der Waals surface area contributed by atoms with Crippen LogP contribution in [0, 0.1) is 4.77 Å². The van der Waals surface area contributed by atoms with Crippen molar-refractivity contribution in [1.82, 2.24) is 14.9 Å². The second-order valence-electron chi connectivity index (χ2n) is 6.60. The molecule has 0 saturated carbocycles. The number of hydrogen-bond donors (Lipinski definition) is 2. The number of halogens is 1. The van der Waals surface area contributed by atoms with E-state index in [0.717, 1.165) is 10.9 Å². The molecule has 0 aliphatic rings. The van der Waals surface area contributed by atoms with Crippen molar-refractivity contribution >= 4 is 40.8 Å². The molecule has 0 unspecified atom stereocenters. The smallest absolute Gasteiger partial charge is 0.216 e. The minimum Gasteiger partial charge on any atom is -0.503 e. The van der Waals surface area contributed by atoms with Gasteiger partial charge in [0.15, 0.2) is 17.3 Å². The molecule has 1 aromatic heterocycles. The van der Waals surface area contributed by atoms with E-state index in [4.69, 9.17) is 28.6 Å². The van der Waals surface area contributed by atoms with E-state index >= 15 is 0 Å². The van der Waals surface area contributed by atoms with Crippen LogP contribution in [0.3, 0.4) is 0 Å². The number of benzene rings is 3. The molecule has 0 saturated heterocycles. The summed E-state index contributed by atoms with van der Waals surface area (Å²) in [6.45, 7) is 2.24. The number of nitrogens with zero attached hydrogens (tertiary/aromatic N) is 3. The molecule has 8 heteroatoms. The first-order chi connectivity index (χ1) is 14.6. The molecular weight excluding hydrogens is 420 g/mol. The van der Waals surface area contributed by atoms with Gasteiger partial charge in [-0.05, 0) is 53.2 Å². The molecule has 1 heterocycles. The second-order valence-corrected chi connectivity index (χ2v) is 7.39. The van der Waals surface area contributed by atoms with Crippen molar-refractivity contribution < 1.29 is 9.84 Å². The first-order valence-electron chi connectivity index (χ1n) is 9.39. The summed E-state index contributed by atoms with van der Waals surface area (Å²) in [7, 11) is 0. The van der Waals surface area contributed by atoms with Crippen LogP contribution in [0.4, 0.5) is 0 Å². The molecule has 0 aliphatic heterocycles. The molecule has 0 spiro atoms. The van der Waals surface area contributed by atoms with Gasteiger partial charge in [-0.1, -0.05) is 54.1 Å². The van der Waals surface area contributed by atoms with E-state index in [1.54, 1.807) is 23.0 Å². The third-order valence-corrected chi connectivity index (χ3v) is 5.17. The Hall–Kier alpha value is -3.16. The highest BCUT2D eigenvalue weighted by Gasteiger charge is 2.11. The molecular formula is C22H19ClN4O2S. The van der Waals surface area contributed by atoms with Crippen LogP contribution in [0.2, 0.25) is 5.02 Å². The first kappa shape index (κ1) is 20.1. The topological polar surface area (TPSA) is 75.4 Å². The maximum atomic E-state index is 10.0. The van der Waals surface area contributed by atoms with E-state index in [1.165, 1.54) is 5.39 Å². The Kier molecular flexibility index (Phi) is 5.83. The summed E-state index contributed by atoms with van der Waals surface area (Å²) in [5.74, 6) is 0.896. The lowest BCUT2D eigenvalue weighted by Crippen LogP contribution is -2.01. The third-order valence-electron chi connectivity index (χ3n) is 4.62. The number of aromatic hydroxyl groups is 1. The third kappa shape index (κ3) is 4.08. The van der Waals surface area contributed by atoms with Crippen molar-refractivity contribution in [2.45, 2.75) is 13.3 Å². The van der Waals surface area contributed by atoms with Gasteiger partial charge in [0.1, 0.15) is 0 Å². The number of phenols is 1. The predicted octanol–water partition coefficient (Wildman–Crippen LogP) is 5.32. The van der Waals surface area contributed by atoms with Crippen molar-refractivity contribution in [2.24, 2.45) is 5.10 Å². The molecule has 0 atom stereocenters. The van der Waals surface area contributed by atoms with Crippen LogP contribution in [0.25, 0.3) is 10.8 Å². The number of nitrogens with one attached hydrogen (secondary N) is 1. The molecule has 0 amide bonds. The van der Waals surface area contributed by atoms with Crippen molar-refractivity contribution in [1.29, 1.82) is 0 Å². The van der Waals surface area contributed by atoms with Crippen molar-refractivity contribution in [2.75, 3.05) is 6.61 Å². The zero-order valence-corrected chi connectivity index (χ0v) is 17.7. The number of aromatic nitrogens is 3. The van der Waals surface area contributed by atoms with E-state index < -0.39 is 0 Å². The molecule has 30 heavy (non-hydrogen) atoms. The molecule has 0 bridgehead atoms. The van der Waals surface area contributed by atoms with Gasteiger partial charge < -0.3 is 9.84 Å². The van der Waals surface area contributed by atoms with Crippen LogP contribution >= 0.6 is 23.8 Å². The van der Waals surface area contributed by atoms with Crippen molar-refractivity contribution in [3.05, 3.63) is 81.3 Å². The fourth-order valence-corrected chi connectivity index (χ4v) is 3.65. The molecule has 0 fully saturated rings. The number of aromatic amines is 1. The van der Waals surface area contributed by atoms with E-state index in [-0.39, 0.29) is 10.8 Å². The fourth-order valence-electron chi connectivity index (χ4n) is 3.23. The Labute approximate surface area is 183 Å². The molecule has 4 aromatic rings. The van der Waals surface area contributed by atoms with E-state index in [9.17, 15) is 5.11 Å². The minimum atomic E-state index is -0.0905. The summed E-state index contributed by atoms with van der Waals surface area (Å²) >= 11 is 11.5. The second kappa shape index (κ2) is 8.69. The van der Waals surface area contributed by atoms with Crippen LogP contribution in [0.1, 0.15) is 23.9 Å². The normalized spacial score (nSPS) is 11.4.